The molecule has 0 aliphatic rings. The van der Waals surface area contributed by atoms with Crippen LogP contribution in [0, 0.1) is 13.8 Å². The van der Waals surface area contributed by atoms with Crippen LogP contribution in [0.5, 0.6) is 0 Å². The van der Waals surface area contributed by atoms with Crippen molar-refractivity contribution in [2.45, 2.75) is 33.4 Å². The smallest absolute Gasteiger partial charge is 0.251 e. The first-order valence-electron chi connectivity index (χ1n) is 8.61. The summed E-state index contributed by atoms with van der Waals surface area (Å²) in [7, 11) is 0. The highest BCUT2D eigenvalue weighted by Gasteiger charge is 2.23. The van der Waals surface area contributed by atoms with Gasteiger partial charge in [0.2, 0.25) is 0 Å². The van der Waals surface area contributed by atoms with Crippen LogP contribution in [0.3, 0.4) is 0 Å². The third-order valence-corrected chi connectivity index (χ3v) is 5.47. The number of carbonyl (C=O) groups is 1. The van der Waals surface area contributed by atoms with Gasteiger partial charge in [0.25, 0.3) is 5.56 Å². The lowest BCUT2D eigenvalue weighted by molar-refractivity contribution is 0.0932. The first kappa shape index (κ1) is 19.6. The van der Waals surface area contributed by atoms with Crippen molar-refractivity contribution in [1.29, 1.82) is 0 Å². The zero-order valence-electron chi connectivity index (χ0n) is 15.4. The zero-order chi connectivity index (χ0) is 19.7. The van der Waals surface area contributed by atoms with Crippen LogP contribution in [0.4, 0.5) is 0 Å². The van der Waals surface area contributed by atoms with Gasteiger partial charge < -0.3 is 9.13 Å². The molecule has 0 saturated carbocycles. The molecule has 140 valence electrons. The Bertz CT molecular complexity index is 1070. The van der Waals surface area contributed by atoms with Crippen LogP contribution >= 0.6 is 27.5 Å². The molecular formula is C21H20BrClN2O2. The molecule has 0 spiro atoms. The Morgan fingerprint density at radius 2 is 1.93 bits per heavy atom. The molecule has 0 aliphatic carbocycles. The number of benzene rings is 1. The van der Waals surface area contributed by atoms with Gasteiger partial charge >= 0.3 is 0 Å². The van der Waals surface area contributed by atoms with Gasteiger partial charge in [0, 0.05) is 45.3 Å². The molecule has 1 atom stereocenters. The second-order valence-electron chi connectivity index (χ2n) is 6.63. The highest BCUT2D eigenvalue weighted by molar-refractivity contribution is 9.10. The van der Waals surface area contributed by atoms with E-state index in [0.29, 0.717) is 17.1 Å². The van der Waals surface area contributed by atoms with Crippen LogP contribution in [-0.2, 0) is 6.54 Å². The van der Waals surface area contributed by atoms with E-state index in [1.165, 1.54) is 10.6 Å². The van der Waals surface area contributed by atoms with Crippen molar-refractivity contribution >= 4 is 33.3 Å². The topological polar surface area (TPSA) is 44.0 Å². The van der Waals surface area contributed by atoms with E-state index in [9.17, 15) is 9.59 Å². The third-order valence-electron chi connectivity index (χ3n) is 4.77. The summed E-state index contributed by atoms with van der Waals surface area (Å²) in [6.45, 7) is 6.29. The van der Waals surface area contributed by atoms with Crippen molar-refractivity contribution in [3.63, 3.8) is 0 Å². The highest BCUT2D eigenvalue weighted by atomic mass is 79.9. The first-order chi connectivity index (χ1) is 12.8. The molecule has 4 nitrogen and oxygen atoms in total. The molecule has 0 radical (unpaired) electrons. The predicted octanol–water partition coefficient (Wildman–Crippen LogP) is 5.17. The minimum Gasteiger partial charge on any atom is -0.344 e. The molecule has 6 heteroatoms. The fourth-order valence-electron chi connectivity index (χ4n) is 3.24. The maximum Gasteiger partial charge on any atom is 0.251 e. The number of hydrogen-bond acceptors (Lipinski definition) is 2. The molecule has 1 unspecified atom stereocenters. The minimum absolute atomic E-state index is 0.0827. The SMILES string of the molecule is Cc1cc(C(=O)C(C)n2cc(Br)ccc2=O)c(C)n1Cc1cccc(Cl)c1. The van der Waals surface area contributed by atoms with Crippen molar-refractivity contribution < 1.29 is 4.79 Å². The Hall–Kier alpha value is -2.11. The number of halogens is 2. The van der Waals surface area contributed by atoms with Gasteiger partial charge in [-0.3, -0.25) is 9.59 Å². The standard InChI is InChI=1S/C21H20BrClN2O2/c1-13-9-19(14(2)24(13)11-16-5-4-6-18(23)10-16)21(27)15(3)25-12-17(22)7-8-20(25)26/h4-10,12,15H,11H2,1-3H3. The van der Waals surface area contributed by atoms with Gasteiger partial charge in [-0.15, -0.1) is 0 Å². The molecular weight excluding hydrogens is 428 g/mol. The number of aromatic nitrogens is 2. The number of nitrogens with zero attached hydrogens (tertiary/aromatic N) is 2. The van der Waals surface area contributed by atoms with Gasteiger partial charge in [-0.05, 0) is 66.5 Å². The van der Waals surface area contributed by atoms with Crippen molar-refractivity contribution in [2.75, 3.05) is 0 Å². The molecule has 3 aromatic rings. The number of rotatable bonds is 5. The molecule has 0 bridgehead atoms. The summed E-state index contributed by atoms with van der Waals surface area (Å²) >= 11 is 9.44. The molecule has 0 aliphatic heterocycles. The molecule has 1 aromatic carbocycles. The Morgan fingerprint density at radius 1 is 1.19 bits per heavy atom. The maximum atomic E-state index is 13.1. The Balaban J connectivity index is 1.94. The molecule has 2 aromatic heterocycles. The number of Topliss-reactive ketones (excluding diaryl/α,β-unsaturated/α-hetero) is 1. The Kier molecular flexibility index (Phi) is 5.72. The monoisotopic (exact) mass is 446 g/mol. The molecule has 0 saturated heterocycles. The van der Waals surface area contributed by atoms with E-state index in [1.54, 1.807) is 19.2 Å². The molecule has 0 N–H and O–H groups in total. The number of aryl methyl sites for hydroxylation is 1. The molecule has 3 rings (SSSR count). The van der Waals surface area contributed by atoms with E-state index in [2.05, 4.69) is 20.5 Å². The second kappa shape index (κ2) is 7.87. The van der Waals surface area contributed by atoms with Crippen LogP contribution in [-0.4, -0.2) is 14.9 Å². The maximum absolute atomic E-state index is 13.1. The van der Waals surface area contributed by atoms with Crippen molar-refractivity contribution in [2.24, 2.45) is 0 Å². The van der Waals surface area contributed by atoms with E-state index >= 15 is 0 Å². The summed E-state index contributed by atoms with van der Waals surface area (Å²) in [5.74, 6) is -0.0827. The van der Waals surface area contributed by atoms with Crippen molar-refractivity contribution in [3.8, 4) is 0 Å². The van der Waals surface area contributed by atoms with Gasteiger partial charge in [-0.1, -0.05) is 23.7 Å². The largest absolute Gasteiger partial charge is 0.344 e. The predicted molar refractivity (Wildman–Crippen MR) is 112 cm³/mol. The number of ketones is 1. The lowest BCUT2D eigenvalue weighted by Crippen LogP contribution is -2.27. The fourth-order valence-corrected chi connectivity index (χ4v) is 3.81. The van der Waals surface area contributed by atoms with Crippen LogP contribution in [0.15, 0.2) is 57.9 Å². The Labute approximate surface area is 171 Å². The van der Waals surface area contributed by atoms with Gasteiger partial charge in [0.05, 0.1) is 6.04 Å². The normalized spacial score (nSPS) is 12.2. The fraction of sp³-hybridized carbons (Fsp3) is 0.238. The van der Waals surface area contributed by atoms with E-state index in [1.807, 2.05) is 44.2 Å². The van der Waals surface area contributed by atoms with Crippen LogP contribution in [0.25, 0.3) is 0 Å². The summed E-state index contributed by atoms with van der Waals surface area (Å²) < 4.78 is 4.30. The first-order valence-corrected chi connectivity index (χ1v) is 9.78. The van der Waals surface area contributed by atoms with Crippen LogP contribution in [0.1, 0.15) is 40.3 Å². The van der Waals surface area contributed by atoms with Gasteiger partial charge in [0.1, 0.15) is 0 Å². The zero-order valence-corrected chi connectivity index (χ0v) is 17.7. The van der Waals surface area contributed by atoms with Crippen molar-refractivity contribution in [3.05, 3.63) is 91.0 Å². The highest BCUT2D eigenvalue weighted by Crippen LogP contribution is 2.23. The summed E-state index contributed by atoms with van der Waals surface area (Å²) in [4.78, 5) is 25.2. The van der Waals surface area contributed by atoms with Crippen LogP contribution < -0.4 is 5.56 Å². The summed E-state index contributed by atoms with van der Waals surface area (Å²) in [5.41, 5.74) is 3.37. The lowest BCUT2D eigenvalue weighted by Gasteiger charge is -2.15. The Morgan fingerprint density at radius 3 is 2.63 bits per heavy atom. The lowest BCUT2D eigenvalue weighted by atomic mass is 10.1. The second-order valence-corrected chi connectivity index (χ2v) is 7.99. The van der Waals surface area contributed by atoms with Crippen molar-refractivity contribution in [1.82, 2.24) is 9.13 Å². The van der Waals surface area contributed by atoms with Gasteiger partial charge in [0.15, 0.2) is 5.78 Å². The number of pyridine rings is 1. The van der Waals surface area contributed by atoms with E-state index < -0.39 is 6.04 Å². The molecule has 2 heterocycles. The summed E-state index contributed by atoms with van der Waals surface area (Å²) in [6, 6.07) is 12.1. The summed E-state index contributed by atoms with van der Waals surface area (Å²) in [5, 5.41) is 0.689. The van der Waals surface area contributed by atoms with E-state index in [4.69, 9.17) is 11.6 Å². The molecule has 27 heavy (non-hydrogen) atoms. The molecule has 0 fully saturated rings. The third kappa shape index (κ3) is 4.09. The van der Waals surface area contributed by atoms with E-state index in [-0.39, 0.29) is 11.3 Å². The number of carbonyl (C=O) groups excluding carboxylic acids is 1. The van der Waals surface area contributed by atoms with Gasteiger partial charge in [-0.2, -0.15) is 0 Å². The van der Waals surface area contributed by atoms with Crippen LogP contribution in [0.2, 0.25) is 5.02 Å². The summed E-state index contributed by atoms with van der Waals surface area (Å²) in [6.07, 6.45) is 1.65. The van der Waals surface area contributed by atoms with Gasteiger partial charge in [-0.25, -0.2) is 0 Å². The number of hydrogen-bond donors (Lipinski definition) is 0. The quantitative estimate of drug-likeness (QED) is 0.506. The minimum atomic E-state index is -0.588. The molecule has 0 amide bonds. The van der Waals surface area contributed by atoms with E-state index in [0.717, 1.165) is 21.4 Å². The average Bonchev–Trinajstić information content (AvgIpc) is 2.91. The average molecular weight is 448 g/mol.